The summed E-state index contributed by atoms with van der Waals surface area (Å²) in [4.78, 5) is 28.5. The van der Waals surface area contributed by atoms with E-state index in [-0.39, 0.29) is 17.8 Å². The van der Waals surface area contributed by atoms with Crippen molar-refractivity contribution in [3.8, 4) is 0 Å². The van der Waals surface area contributed by atoms with Gasteiger partial charge in [0.05, 0.1) is 13.2 Å². The van der Waals surface area contributed by atoms with Gasteiger partial charge in [0.15, 0.2) is 11.8 Å². The van der Waals surface area contributed by atoms with E-state index in [0.29, 0.717) is 24.6 Å². The smallest absolute Gasteiger partial charge is 0.332 e. The van der Waals surface area contributed by atoms with E-state index >= 15 is 0 Å². The van der Waals surface area contributed by atoms with Gasteiger partial charge in [0.2, 0.25) is 0 Å². The van der Waals surface area contributed by atoms with Crippen LogP contribution in [-0.2, 0) is 36.7 Å². The van der Waals surface area contributed by atoms with Crippen LogP contribution in [-0.4, -0.2) is 31.6 Å². The second-order valence-corrected chi connectivity index (χ2v) is 4.88. The molecule has 0 N–H and O–H groups in total. The zero-order chi connectivity index (χ0) is 15.1. The second kappa shape index (κ2) is 4.97. The van der Waals surface area contributed by atoms with Gasteiger partial charge in [-0.3, -0.25) is 13.9 Å². The van der Waals surface area contributed by atoms with Crippen molar-refractivity contribution < 1.29 is 9.47 Å². The van der Waals surface area contributed by atoms with Crippen molar-refractivity contribution in [3.63, 3.8) is 0 Å². The van der Waals surface area contributed by atoms with Crippen LogP contribution in [0.25, 0.3) is 11.2 Å². The molecule has 1 aliphatic rings. The van der Waals surface area contributed by atoms with Crippen molar-refractivity contribution in [2.24, 2.45) is 14.1 Å². The van der Waals surface area contributed by atoms with Gasteiger partial charge < -0.3 is 14.0 Å². The number of fused-ring (bicyclic) bond motifs is 3. The van der Waals surface area contributed by atoms with E-state index in [0.717, 1.165) is 4.57 Å². The molecule has 1 atom stereocenters. The van der Waals surface area contributed by atoms with Gasteiger partial charge in [-0.2, -0.15) is 0 Å². The van der Waals surface area contributed by atoms with Gasteiger partial charge in [-0.25, -0.2) is 9.78 Å². The molecule has 0 unspecified atom stereocenters. The monoisotopic (exact) mass is 292 g/mol. The Labute approximate surface area is 119 Å². The third-order valence-electron chi connectivity index (χ3n) is 3.55. The molecule has 8 nitrogen and oxygen atoms in total. The first-order valence-electron chi connectivity index (χ1n) is 6.53. The highest BCUT2D eigenvalue weighted by Crippen LogP contribution is 2.19. The molecule has 0 fully saturated rings. The zero-order valence-electron chi connectivity index (χ0n) is 11.9. The van der Waals surface area contributed by atoms with E-state index in [9.17, 15) is 9.59 Å². The molecule has 8 heteroatoms. The molecule has 3 rings (SSSR count). The fourth-order valence-corrected chi connectivity index (χ4v) is 2.48. The lowest BCUT2D eigenvalue weighted by molar-refractivity contribution is -0.163. The van der Waals surface area contributed by atoms with Crippen LogP contribution in [0.2, 0.25) is 0 Å². The highest BCUT2D eigenvalue weighted by atomic mass is 16.7. The third-order valence-corrected chi connectivity index (χ3v) is 3.55. The van der Waals surface area contributed by atoms with E-state index in [1.54, 1.807) is 17.7 Å². The fraction of sp³-hybridized carbons (Fsp3) is 0.462. The molecule has 112 valence electrons. The molecule has 3 heterocycles. The molecular formula is C13H16N4O4. The van der Waals surface area contributed by atoms with Gasteiger partial charge in [-0.1, -0.05) is 6.08 Å². The Kier molecular flexibility index (Phi) is 3.26. The van der Waals surface area contributed by atoms with Crippen molar-refractivity contribution in [1.82, 2.24) is 18.7 Å². The molecule has 0 spiro atoms. The first kappa shape index (κ1) is 13.8. The summed E-state index contributed by atoms with van der Waals surface area (Å²) in [5.74, 6) is 0.613. The SMILES string of the molecule is C=CCO[C@@H]1Cn2c(nc3c(=O)n(C)c(=O)n(C)c32)CO1. The maximum atomic E-state index is 12.2. The molecule has 0 amide bonds. The van der Waals surface area contributed by atoms with Crippen LogP contribution in [0.15, 0.2) is 22.2 Å². The van der Waals surface area contributed by atoms with Crippen LogP contribution in [0.1, 0.15) is 5.82 Å². The number of nitrogens with zero attached hydrogens (tertiary/aromatic N) is 4. The molecule has 0 aliphatic carbocycles. The number of hydrogen-bond donors (Lipinski definition) is 0. The second-order valence-electron chi connectivity index (χ2n) is 4.88. The number of aryl methyl sites for hydroxylation is 1. The van der Waals surface area contributed by atoms with Gasteiger partial charge in [0.1, 0.15) is 18.1 Å². The lowest BCUT2D eigenvalue weighted by Crippen LogP contribution is -2.38. The summed E-state index contributed by atoms with van der Waals surface area (Å²) in [6, 6.07) is 0. The average Bonchev–Trinajstić information content (AvgIpc) is 2.87. The predicted molar refractivity (Wildman–Crippen MR) is 74.9 cm³/mol. The van der Waals surface area contributed by atoms with Gasteiger partial charge in [0, 0.05) is 14.1 Å². The molecule has 2 aromatic rings. The minimum atomic E-state index is -0.452. The van der Waals surface area contributed by atoms with Crippen molar-refractivity contribution in [3.05, 3.63) is 39.3 Å². The number of imidazole rings is 1. The number of ether oxygens (including phenoxy) is 2. The Morgan fingerprint density at radius 1 is 1.43 bits per heavy atom. The van der Waals surface area contributed by atoms with Crippen LogP contribution in [0, 0.1) is 0 Å². The van der Waals surface area contributed by atoms with E-state index in [1.165, 1.54) is 11.6 Å². The summed E-state index contributed by atoms with van der Waals surface area (Å²) in [5.41, 5.74) is -0.0278. The molecule has 2 aromatic heterocycles. The van der Waals surface area contributed by atoms with Gasteiger partial charge in [-0.05, 0) is 0 Å². The topological polar surface area (TPSA) is 80.3 Å². The molecule has 0 aromatic carbocycles. The van der Waals surface area contributed by atoms with Crippen molar-refractivity contribution in [2.75, 3.05) is 6.61 Å². The van der Waals surface area contributed by atoms with Gasteiger partial charge in [-0.15, -0.1) is 6.58 Å². The van der Waals surface area contributed by atoms with Crippen LogP contribution in [0.3, 0.4) is 0 Å². The maximum absolute atomic E-state index is 12.2. The summed E-state index contributed by atoms with van der Waals surface area (Å²) in [6.45, 7) is 4.56. The molecule has 0 radical (unpaired) electrons. The first-order chi connectivity index (χ1) is 10.0. The predicted octanol–water partition coefficient (Wildman–Crippen LogP) is -0.507. The van der Waals surface area contributed by atoms with E-state index in [1.807, 2.05) is 0 Å². The highest BCUT2D eigenvalue weighted by molar-refractivity contribution is 5.71. The minimum absolute atomic E-state index is 0.230. The Morgan fingerprint density at radius 3 is 2.90 bits per heavy atom. The van der Waals surface area contributed by atoms with Gasteiger partial charge >= 0.3 is 5.69 Å². The van der Waals surface area contributed by atoms with Gasteiger partial charge in [0.25, 0.3) is 5.56 Å². The van der Waals surface area contributed by atoms with E-state index in [4.69, 9.17) is 9.47 Å². The largest absolute Gasteiger partial charge is 0.347 e. The van der Waals surface area contributed by atoms with Crippen molar-refractivity contribution >= 4 is 11.2 Å². The molecule has 0 saturated carbocycles. The van der Waals surface area contributed by atoms with E-state index < -0.39 is 11.8 Å². The molecule has 21 heavy (non-hydrogen) atoms. The van der Waals surface area contributed by atoms with E-state index in [2.05, 4.69) is 11.6 Å². The Bertz CT molecular complexity index is 829. The summed E-state index contributed by atoms with van der Waals surface area (Å²) in [6.07, 6.45) is 1.18. The Balaban J connectivity index is 2.17. The normalized spacial score (nSPS) is 17.9. The first-order valence-corrected chi connectivity index (χ1v) is 6.53. The summed E-state index contributed by atoms with van der Waals surface area (Å²) in [5, 5.41) is 0. The molecule has 0 saturated heterocycles. The van der Waals surface area contributed by atoms with Crippen LogP contribution in [0.5, 0.6) is 0 Å². The standard InChI is InChI=1S/C13H16N4O4/c1-4-5-20-9-6-17-8(7-21-9)14-10-11(17)15(2)13(19)16(3)12(10)18/h4,9H,1,5-7H2,2-3H3/t9-/m0/s1. The lowest BCUT2D eigenvalue weighted by Gasteiger charge is -2.24. The molecule has 0 bridgehead atoms. The molecule has 1 aliphatic heterocycles. The zero-order valence-corrected chi connectivity index (χ0v) is 11.9. The summed E-state index contributed by atoms with van der Waals surface area (Å²) < 4.78 is 15.3. The number of rotatable bonds is 3. The van der Waals surface area contributed by atoms with Crippen LogP contribution < -0.4 is 11.2 Å². The van der Waals surface area contributed by atoms with Crippen LogP contribution >= 0.6 is 0 Å². The van der Waals surface area contributed by atoms with Crippen LogP contribution in [0.4, 0.5) is 0 Å². The van der Waals surface area contributed by atoms with Crippen molar-refractivity contribution in [1.29, 1.82) is 0 Å². The Morgan fingerprint density at radius 2 is 2.19 bits per heavy atom. The fourth-order valence-electron chi connectivity index (χ4n) is 2.48. The highest BCUT2D eigenvalue weighted by Gasteiger charge is 2.26. The minimum Gasteiger partial charge on any atom is -0.347 e. The maximum Gasteiger partial charge on any atom is 0.332 e. The molecular weight excluding hydrogens is 276 g/mol. The summed E-state index contributed by atoms with van der Waals surface area (Å²) >= 11 is 0. The number of hydrogen-bond acceptors (Lipinski definition) is 5. The third kappa shape index (κ3) is 2.03. The summed E-state index contributed by atoms with van der Waals surface area (Å²) in [7, 11) is 3.06. The average molecular weight is 292 g/mol. The van der Waals surface area contributed by atoms with Crippen molar-refractivity contribution in [2.45, 2.75) is 19.4 Å². The quantitative estimate of drug-likeness (QED) is 0.712. The number of aromatic nitrogens is 4. The Hall–Kier alpha value is -2.19. The lowest BCUT2D eigenvalue weighted by atomic mass is 10.4.